The van der Waals surface area contributed by atoms with Gasteiger partial charge in [0, 0.05) is 0 Å². The summed E-state index contributed by atoms with van der Waals surface area (Å²) < 4.78 is 4.64. The van der Waals surface area contributed by atoms with E-state index in [9.17, 15) is 14.4 Å². The molecule has 3 rings (SSSR count). The first-order valence-corrected chi connectivity index (χ1v) is 7.27. The van der Waals surface area contributed by atoms with E-state index in [0.717, 1.165) is 4.90 Å². The summed E-state index contributed by atoms with van der Waals surface area (Å²) in [5, 5.41) is -0.0315. The summed E-state index contributed by atoms with van der Waals surface area (Å²) in [4.78, 5) is 37.7. The molecule has 7 heteroatoms. The number of hydrogen-bond acceptors (Lipinski definition) is 4. The number of esters is 1. The predicted molar refractivity (Wildman–Crippen MR) is 85.4 cm³/mol. The van der Waals surface area contributed by atoms with Crippen molar-refractivity contribution in [2.24, 2.45) is 0 Å². The second-order valence-electron chi connectivity index (χ2n) is 4.74. The summed E-state index contributed by atoms with van der Waals surface area (Å²) in [5.74, 6) is -1.78. The average molecular weight is 350 g/mol. The van der Waals surface area contributed by atoms with Crippen LogP contribution in [-0.4, -0.2) is 24.9 Å². The third-order valence-corrected chi connectivity index (χ3v) is 4.18. The molecule has 116 valence electrons. The number of fused-ring (bicyclic) bond motifs is 1. The first kappa shape index (κ1) is 15.5. The lowest BCUT2D eigenvalue weighted by Gasteiger charge is -2.18. The van der Waals surface area contributed by atoms with Gasteiger partial charge in [0.05, 0.1) is 39.5 Å². The molecule has 0 saturated heterocycles. The van der Waals surface area contributed by atoms with Crippen molar-refractivity contribution >= 4 is 46.7 Å². The molecule has 2 aromatic rings. The Morgan fingerprint density at radius 1 is 1.00 bits per heavy atom. The zero-order valence-corrected chi connectivity index (χ0v) is 13.3. The number of imide groups is 1. The van der Waals surface area contributed by atoms with Crippen LogP contribution in [0, 0.1) is 0 Å². The first-order valence-electron chi connectivity index (χ1n) is 6.51. The average Bonchev–Trinajstić information content (AvgIpc) is 2.80. The van der Waals surface area contributed by atoms with Crippen LogP contribution in [0.2, 0.25) is 10.0 Å². The summed E-state index contributed by atoms with van der Waals surface area (Å²) in [7, 11) is 1.20. The third kappa shape index (κ3) is 2.29. The first-order chi connectivity index (χ1) is 11.0. The van der Waals surface area contributed by atoms with Gasteiger partial charge in [-0.25, -0.2) is 9.69 Å². The summed E-state index contributed by atoms with van der Waals surface area (Å²) in [6, 6.07) is 9.16. The van der Waals surface area contributed by atoms with E-state index in [1.54, 1.807) is 24.3 Å². The van der Waals surface area contributed by atoms with Crippen molar-refractivity contribution in [3.05, 3.63) is 63.1 Å². The Kier molecular flexibility index (Phi) is 3.83. The van der Waals surface area contributed by atoms with Gasteiger partial charge < -0.3 is 4.74 Å². The zero-order chi connectivity index (χ0) is 16.7. The number of carbonyl (C=O) groups is 3. The van der Waals surface area contributed by atoms with Crippen molar-refractivity contribution in [2.75, 3.05) is 12.0 Å². The van der Waals surface area contributed by atoms with Crippen molar-refractivity contribution < 1.29 is 19.1 Å². The minimum absolute atomic E-state index is 0.0186. The fourth-order valence-corrected chi connectivity index (χ4v) is 3.02. The Bertz CT molecular complexity index is 828. The maximum Gasteiger partial charge on any atom is 0.339 e. The number of anilines is 1. The highest BCUT2D eigenvalue weighted by Crippen LogP contribution is 2.40. The molecule has 0 fully saturated rings. The maximum absolute atomic E-state index is 12.5. The van der Waals surface area contributed by atoms with Gasteiger partial charge in [-0.05, 0) is 24.3 Å². The normalized spacial score (nSPS) is 13.3. The van der Waals surface area contributed by atoms with Gasteiger partial charge in [0.1, 0.15) is 0 Å². The quantitative estimate of drug-likeness (QED) is 0.614. The number of carbonyl (C=O) groups excluding carboxylic acids is 3. The molecule has 2 amide bonds. The Labute approximate surface area is 141 Å². The van der Waals surface area contributed by atoms with Crippen molar-refractivity contribution in [1.82, 2.24) is 0 Å². The number of benzene rings is 2. The monoisotopic (exact) mass is 349 g/mol. The summed E-state index contributed by atoms with van der Waals surface area (Å²) >= 11 is 12.3. The van der Waals surface area contributed by atoms with E-state index in [0.29, 0.717) is 0 Å². The lowest BCUT2D eigenvalue weighted by Crippen LogP contribution is -2.30. The van der Waals surface area contributed by atoms with E-state index in [-0.39, 0.29) is 32.4 Å². The maximum atomic E-state index is 12.5. The second-order valence-corrected chi connectivity index (χ2v) is 5.53. The van der Waals surface area contributed by atoms with E-state index in [2.05, 4.69) is 4.74 Å². The molecule has 0 bridgehead atoms. The van der Waals surface area contributed by atoms with Crippen LogP contribution in [0.4, 0.5) is 5.69 Å². The van der Waals surface area contributed by atoms with Crippen molar-refractivity contribution in [2.45, 2.75) is 0 Å². The SMILES string of the molecule is COC(=O)c1ccc(Cl)c(N2C(=O)c3ccccc3C2=O)c1Cl. The third-order valence-electron chi connectivity index (χ3n) is 3.49. The molecule has 0 atom stereocenters. The minimum atomic E-state index is -0.690. The highest BCUT2D eigenvalue weighted by Gasteiger charge is 2.39. The molecule has 0 saturated carbocycles. The predicted octanol–water partition coefficient (Wildman–Crippen LogP) is 3.58. The number of halogens is 2. The summed E-state index contributed by atoms with van der Waals surface area (Å²) in [6.45, 7) is 0. The molecule has 0 aromatic heterocycles. The highest BCUT2D eigenvalue weighted by atomic mass is 35.5. The van der Waals surface area contributed by atoms with Crippen LogP contribution >= 0.6 is 23.2 Å². The van der Waals surface area contributed by atoms with Gasteiger partial charge in [-0.1, -0.05) is 35.3 Å². The molecule has 2 aromatic carbocycles. The molecule has 0 unspecified atom stereocenters. The Morgan fingerprint density at radius 3 is 2.09 bits per heavy atom. The van der Waals surface area contributed by atoms with Gasteiger partial charge in [-0.2, -0.15) is 0 Å². The summed E-state index contributed by atoms with van der Waals surface area (Å²) in [5.41, 5.74) is 0.508. The number of ether oxygens (including phenoxy) is 1. The minimum Gasteiger partial charge on any atom is -0.465 e. The molecule has 23 heavy (non-hydrogen) atoms. The Morgan fingerprint density at radius 2 is 1.57 bits per heavy atom. The van der Waals surface area contributed by atoms with Crippen LogP contribution in [0.3, 0.4) is 0 Å². The van der Waals surface area contributed by atoms with Gasteiger partial charge in [0.2, 0.25) is 0 Å². The number of methoxy groups -OCH3 is 1. The molecule has 1 heterocycles. The van der Waals surface area contributed by atoms with Crippen LogP contribution in [-0.2, 0) is 4.74 Å². The van der Waals surface area contributed by atoms with E-state index >= 15 is 0 Å². The molecule has 0 spiro atoms. The Balaban J connectivity index is 2.19. The van der Waals surface area contributed by atoms with E-state index < -0.39 is 17.8 Å². The topological polar surface area (TPSA) is 63.7 Å². The standard InChI is InChI=1S/C16H9Cl2NO4/c1-23-16(22)10-6-7-11(17)13(12(10)18)19-14(20)8-4-2-3-5-9(8)15(19)21/h2-7H,1H3. The number of amides is 2. The fraction of sp³-hybridized carbons (Fsp3) is 0.0625. The molecule has 0 N–H and O–H groups in total. The molecular formula is C16H9Cl2NO4. The zero-order valence-electron chi connectivity index (χ0n) is 11.8. The van der Waals surface area contributed by atoms with Crippen LogP contribution in [0.25, 0.3) is 0 Å². The van der Waals surface area contributed by atoms with Gasteiger partial charge in [-0.3, -0.25) is 9.59 Å². The largest absolute Gasteiger partial charge is 0.465 e. The second kappa shape index (κ2) is 5.68. The molecular weight excluding hydrogens is 341 g/mol. The van der Waals surface area contributed by atoms with Crippen LogP contribution in [0.15, 0.2) is 36.4 Å². The van der Waals surface area contributed by atoms with Gasteiger partial charge in [0.15, 0.2) is 0 Å². The fourth-order valence-electron chi connectivity index (χ4n) is 2.41. The molecule has 0 radical (unpaired) electrons. The molecule has 1 aliphatic heterocycles. The van der Waals surface area contributed by atoms with Crippen LogP contribution < -0.4 is 4.90 Å². The molecule has 5 nitrogen and oxygen atoms in total. The van der Waals surface area contributed by atoms with E-state index in [1.807, 2.05) is 0 Å². The van der Waals surface area contributed by atoms with Gasteiger partial charge in [-0.15, -0.1) is 0 Å². The number of nitrogens with zero attached hydrogens (tertiary/aromatic N) is 1. The van der Waals surface area contributed by atoms with E-state index in [4.69, 9.17) is 23.2 Å². The van der Waals surface area contributed by atoms with Crippen molar-refractivity contribution in [3.63, 3.8) is 0 Å². The molecule has 0 aliphatic carbocycles. The van der Waals surface area contributed by atoms with Gasteiger partial charge >= 0.3 is 5.97 Å². The van der Waals surface area contributed by atoms with Crippen molar-refractivity contribution in [1.29, 1.82) is 0 Å². The summed E-state index contributed by atoms with van der Waals surface area (Å²) in [6.07, 6.45) is 0. The van der Waals surface area contributed by atoms with Crippen LogP contribution in [0.5, 0.6) is 0 Å². The highest BCUT2D eigenvalue weighted by molar-refractivity contribution is 6.45. The van der Waals surface area contributed by atoms with Crippen molar-refractivity contribution in [3.8, 4) is 0 Å². The Hall–Kier alpha value is -2.37. The number of rotatable bonds is 2. The molecule has 1 aliphatic rings. The lowest BCUT2D eigenvalue weighted by atomic mass is 10.1. The van der Waals surface area contributed by atoms with E-state index in [1.165, 1.54) is 19.2 Å². The van der Waals surface area contributed by atoms with Gasteiger partial charge in [0.25, 0.3) is 11.8 Å². The van der Waals surface area contributed by atoms with Crippen LogP contribution in [0.1, 0.15) is 31.1 Å². The lowest BCUT2D eigenvalue weighted by molar-refractivity contribution is 0.0600. The number of hydrogen-bond donors (Lipinski definition) is 0. The smallest absolute Gasteiger partial charge is 0.339 e.